The minimum atomic E-state index is 1.14. The fourth-order valence-corrected chi connectivity index (χ4v) is 2.84. The van der Waals surface area contributed by atoms with Crippen LogP contribution in [0.4, 0.5) is 0 Å². The number of nitrogens with zero attached hydrogens (tertiary/aromatic N) is 1. The van der Waals surface area contributed by atoms with E-state index < -0.39 is 0 Å². The molecule has 1 fully saturated rings. The maximum Gasteiger partial charge on any atom is 0.0107 e. The molecule has 0 spiro atoms. The van der Waals surface area contributed by atoms with Gasteiger partial charge in [0.1, 0.15) is 0 Å². The molecule has 0 amide bonds. The molecule has 1 heterocycles. The highest BCUT2D eigenvalue weighted by atomic mass is 15.1. The van der Waals surface area contributed by atoms with Gasteiger partial charge in [0.25, 0.3) is 0 Å². The van der Waals surface area contributed by atoms with Crippen molar-refractivity contribution in [3.05, 3.63) is 35.4 Å². The molecule has 1 saturated heterocycles. The summed E-state index contributed by atoms with van der Waals surface area (Å²) in [6.07, 6.45) is 6.66. The zero-order valence-corrected chi connectivity index (χ0v) is 12.3. The van der Waals surface area contributed by atoms with E-state index in [2.05, 4.69) is 41.4 Å². The van der Waals surface area contributed by atoms with Gasteiger partial charge in [-0.2, -0.15) is 0 Å². The summed E-state index contributed by atoms with van der Waals surface area (Å²) in [6, 6.07) is 8.73. The monoisotopic (exact) mass is 260 g/mol. The van der Waals surface area contributed by atoms with Crippen LogP contribution < -0.4 is 5.32 Å². The molecule has 2 rings (SSSR count). The maximum atomic E-state index is 3.58. The molecule has 1 aromatic carbocycles. The Balaban J connectivity index is 1.51. The smallest absolute Gasteiger partial charge is 0.0107 e. The summed E-state index contributed by atoms with van der Waals surface area (Å²) >= 11 is 0. The Morgan fingerprint density at radius 3 is 2.63 bits per heavy atom. The zero-order chi connectivity index (χ0) is 13.3. The molecule has 0 unspecified atom stereocenters. The van der Waals surface area contributed by atoms with Gasteiger partial charge in [0, 0.05) is 13.1 Å². The van der Waals surface area contributed by atoms with Crippen LogP contribution in [0.15, 0.2) is 24.3 Å². The number of aryl methyl sites for hydroxylation is 2. The molecular weight excluding hydrogens is 232 g/mol. The molecule has 1 N–H and O–H groups in total. The molecule has 0 saturated carbocycles. The van der Waals surface area contributed by atoms with Crippen LogP contribution >= 0.6 is 0 Å². The predicted molar refractivity (Wildman–Crippen MR) is 82.7 cm³/mol. The Bertz CT molecular complexity index is 356. The topological polar surface area (TPSA) is 15.3 Å². The van der Waals surface area contributed by atoms with E-state index in [-0.39, 0.29) is 0 Å². The van der Waals surface area contributed by atoms with Gasteiger partial charge >= 0.3 is 0 Å². The highest BCUT2D eigenvalue weighted by molar-refractivity contribution is 5.25. The molecule has 0 bridgehead atoms. The van der Waals surface area contributed by atoms with Gasteiger partial charge in [0.2, 0.25) is 0 Å². The van der Waals surface area contributed by atoms with Gasteiger partial charge in [0.05, 0.1) is 0 Å². The Kier molecular flexibility index (Phi) is 6.38. The van der Waals surface area contributed by atoms with Crippen molar-refractivity contribution in [3.63, 3.8) is 0 Å². The van der Waals surface area contributed by atoms with Crippen LogP contribution in [-0.2, 0) is 6.42 Å². The second-order valence-corrected chi connectivity index (χ2v) is 5.68. The lowest BCUT2D eigenvalue weighted by molar-refractivity contribution is 0.229. The summed E-state index contributed by atoms with van der Waals surface area (Å²) < 4.78 is 0. The predicted octanol–water partition coefficient (Wildman–Crippen LogP) is 3.00. The van der Waals surface area contributed by atoms with Crippen LogP contribution in [0, 0.1) is 6.92 Å². The van der Waals surface area contributed by atoms with Crippen LogP contribution in [0.3, 0.4) is 0 Å². The van der Waals surface area contributed by atoms with Crippen LogP contribution in [0.25, 0.3) is 0 Å². The number of rotatable bonds is 7. The zero-order valence-electron chi connectivity index (χ0n) is 12.3. The molecule has 1 aromatic rings. The first-order valence-electron chi connectivity index (χ1n) is 7.84. The second-order valence-electron chi connectivity index (χ2n) is 5.68. The molecule has 0 aromatic heterocycles. The van der Waals surface area contributed by atoms with E-state index in [9.17, 15) is 0 Å². The van der Waals surface area contributed by atoms with E-state index in [0.717, 1.165) is 13.1 Å². The van der Waals surface area contributed by atoms with Crippen molar-refractivity contribution in [1.29, 1.82) is 0 Å². The fourth-order valence-electron chi connectivity index (χ4n) is 2.84. The molecule has 0 aliphatic carbocycles. The van der Waals surface area contributed by atoms with E-state index >= 15 is 0 Å². The molecule has 0 radical (unpaired) electrons. The lowest BCUT2D eigenvalue weighted by atomic mass is 10.0. The summed E-state index contributed by atoms with van der Waals surface area (Å²) in [5, 5.41) is 3.58. The van der Waals surface area contributed by atoms with Gasteiger partial charge in [-0.1, -0.05) is 30.7 Å². The Morgan fingerprint density at radius 2 is 1.84 bits per heavy atom. The van der Waals surface area contributed by atoms with Crippen LogP contribution in [0.1, 0.15) is 36.8 Å². The number of hydrogen-bond acceptors (Lipinski definition) is 2. The van der Waals surface area contributed by atoms with Gasteiger partial charge in [-0.25, -0.2) is 0 Å². The fraction of sp³-hybridized carbons (Fsp3) is 0.647. The quantitative estimate of drug-likeness (QED) is 0.758. The maximum absolute atomic E-state index is 3.58. The SMILES string of the molecule is Cc1ccccc1CCCNCCN1CCCCC1. The first-order chi connectivity index (χ1) is 9.36. The molecule has 2 nitrogen and oxygen atoms in total. The van der Waals surface area contributed by atoms with E-state index in [1.54, 1.807) is 0 Å². The molecule has 2 heteroatoms. The Labute approximate surface area is 118 Å². The Morgan fingerprint density at radius 1 is 1.05 bits per heavy atom. The average Bonchev–Trinajstić information content (AvgIpc) is 2.45. The molecular formula is C17H28N2. The molecule has 1 aliphatic rings. The van der Waals surface area contributed by atoms with Crippen molar-refractivity contribution in [3.8, 4) is 0 Å². The number of benzene rings is 1. The van der Waals surface area contributed by atoms with Gasteiger partial charge in [-0.05, 0) is 63.4 Å². The number of piperidine rings is 1. The summed E-state index contributed by atoms with van der Waals surface area (Å²) in [7, 11) is 0. The second kappa shape index (κ2) is 8.34. The van der Waals surface area contributed by atoms with Gasteiger partial charge in [0.15, 0.2) is 0 Å². The lowest BCUT2D eigenvalue weighted by Gasteiger charge is -2.26. The van der Waals surface area contributed by atoms with Crippen molar-refractivity contribution in [2.45, 2.75) is 39.0 Å². The van der Waals surface area contributed by atoms with Gasteiger partial charge < -0.3 is 10.2 Å². The third-order valence-electron chi connectivity index (χ3n) is 4.11. The van der Waals surface area contributed by atoms with Gasteiger partial charge in [-0.15, -0.1) is 0 Å². The van der Waals surface area contributed by atoms with E-state index in [0.29, 0.717) is 0 Å². The minimum Gasteiger partial charge on any atom is -0.315 e. The highest BCUT2D eigenvalue weighted by Gasteiger charge is 2.08. The van der Waals surface area contributed by atoms with Crippen molar-refractivity contribution in [2.24, 2.45) is 0 Å². The molecule has 1 aliphatic heterocycles. The van der Waals surface area contributed by atoms with Crippen LogP contribution in [0.5, 0.6) is 0 Å². The van der Waals surface area contributed by atoms with Crippen molar-refractivity contribution in [1.82, 2.24) is 10.2 Å². The molecule has 0 atom stereocenters. The first-order valence-corrected chi connectivity index (χ1v) is 7.84. The average molecular weight is 260 g/mol. The minimum absolute atomic E-state index is 1.14. The number of hydrogen-bond donors (Lipinski definition) is 1. The van der Waals surface area contributed by atoms with Crippen LogP contribution in [-0.4, -0.2) is 37.6 Å². The third-order valence-corrected chi connectivity index (χ3v) is 4.11. The number of nitrogens with one attached hydrogen (secondary N) is 1. The molecule has 106 valence electrons. The first kappa shape index (κ1) is 14.5. The van der Waals surface area contributed by atoms with Crippen molar-refractivity contribution < 1.29 is 0 Å². The molecule has 19 heavy (non-hydrogen) atoms. The normalized spacial score (nSPS) is 16.7. The lowest BCUT2D eigenvalue weighted by Crippen LogP contribution is -2.36. The highest BCUT2D eigenvalue weighted by Crippen LogP contribution is 2.09. The summed E-state index contributed by atoms with van der Waals surface area (Å²) in [6.45, 7) is 8.34. The Hall–Kier alpha value is -0.860. The third kappa shape index (κ3) is 5.33. The van der Waals surface area contributed by atoms with Gasteiger partial charge in [-0.3, -0.25) is 0 Å². The summed E-state index contributed by atoms with van der Waals surface area (Å²) in [5.74, 6) is 0. The van der Waals surface area contributed by atoms with E-state index in [4.69, 9.17) is 0 Å². The van der Waals surface area contributed by atoms with E-state index in [1.807, 2.05) is 0 Å². The van der Waals surface area contributed by atoms with Crippen molar-refractivity contribution in [2.75, 3.05) is 32.7 Å². The summed E-state index contributed by atoms with van der Waals surface area (Å²) in [4.78, 5) is 2.60. The summed E-state index contributed by atoms with van der Waals surface area (Å²) in [5.41, 5.74) is 2.93. The largest absolute Gasteiger partial charge is 0.315 e. The number of likely N-dealkylation sites (tertiary alicyclic amines) is 1. The van der Waals surface area contributed by atoms with Crippen LogP contribution in [0.2, 0.25) is 0 Å². The standard InChI is InChI=1S/C17H28N2/c1-16-8-3-4-9-17(16)10-7-11-18-12-15-19-13-5-2-6-14-19/h3-4,8-9,18H,2,5-7,10-15H2,1H3. The van der Waals surface area contributed by atoms with E-state index in [1.165, 1.54) is 62.9 Å². The van der Waals surface area contributed by atoms with Crippen molar-refractivity contribution >= 4 is 0 Å².